The Labute approximate surface area is 146 Å². The Kier molecular flexibility index (Phi) is 4.57. The number of hydrogen-bond donors (Lipinski definition) is 1. The van der Waals surface area contributed by atoms with Crippen molar-refractivity contribution >= 4 is 23.1 Å². The number of aliphatic hydroxyl groups is 1. The van der Waals surface area contributed by atoms with Crippen molar-refractivity contribution in [3.8, 4) is 5.75 Å². The third-order valence-electron chi connectivity index (χ3n) is 3.97. The monoisotopic (exact) mass is 337 g/mol. The molecule has 1 heterocycles. The highest BCUT2D eigenvalue weighted by molar-refractivity contribution is 6.45. The highest BCUT2D eigenvalue weighted by Gasteiger charge is 2.41. The Morgan fingerprint density at radius 3 is 2.36 bits per heavy atom. The lowest BCUT2D eigenvalue weighted by Crippen LogP contribution is -2.32. The van der Waals surface area contributed by atoms with Crippen LogP contribution < -0.4 is 9.64 Å². The largest absolute Gasteiger partial charge is 0.502 e. The first kappa shape index (κ1) is 16.8. The fourth-order valence-electron chi connectivity index (χ4n) is 2.69. The van der Waals surface area contributed by atoms with E-state index in [1.807, 2.05) is 26.0 Å². The van der Waals surface area contributed by atoms with E-state index < -0.39 is 17.6 Å². The molecule has 1 N–H and O–H groups in total. The van der Waals surface area contributed by atoms with Gasteiger partial charge in [0.15, 0.2) is 5.76 Å². The zero-order valence-electron chi connectivity index (χ0n) is 14.2. The standard InChI is InChI=1S/C20H19NO4/c1-3-12-25-16-7-5-4-6-15(16)21-19(23)17(18(22)20(21)24)14-10-8-13(2)9-11-14/h4-11,22H,3,12H2,1-2H3. The van der Waals surface area contributed by atoms with E-state index in [0.717, 1.165) is 16.9 Å². The van der Waals surface area contributed by atoms with E-state index in [1.54, 1.807) is 36.4 Å². The normalized spacial score (nSPS) is 14.4. The predicted octanol–water partition coefficient (Wildman–Crippen LogP) is 3.63. The zero-order chi connectivity index (χ0) is 18.0. The summed E-state index contributed by atoms with van der Waals surface area (Å²) in [7, 11) is 0. The molecule has 2 aromatic carbocycles. The molecule has 0 unspecified atom stereocenters. The van der Waals surface area contributed by atoms with Crippen LogP contribution in [0.5, 0.6) is 5.75 Å². The number of ether oxygens (including phenoxy) is 1. The number of carbonyl (C=O) groups is 2. The van der Waals surface area contributed by atoms with Crippen LogP contribution in [-0.4, -0.2) is 23.5 Å². The van der Waals surface area contributed by atoms with Gasteiger partial charge in [0.2, 0.25) is 0 Å². The molecule has 2 aromatic rings. The molecule has 0 bridgehead atoms. The van der Waals surface area contributed by atoms with Crippen molar-refractivity contribution in [1.82, 2.24) is 0 Å². The number of nitrogens with zero attached hydrogens (tertiary/aromatic N) is 1. The summed E-state index contributed by atoms with van der Waals surface area (Å²) in [4.78, 5) is 26.4. The number of rotatable bonds is 5. The maximum atomic E-state index is 12.9. The summed E-state index contributed by atoms with van der Waals surface area (Å²) < 4.78 is 5.64. The maximum absolute atomic E-state index is 12.9. The quantitative estimate of drug-likeness (QED) is 0.846. The SMILES string of the molecule is CCCOc1ccccc1N1C(=O)C(O)=C(c2ccc(C)cc2)C1=O. The summed E-state index contributed by atoms with van der Waals surface area (Å²) in [5.41, 5.74) is 1.88. The van der Waals surface area contributed by atoms with Crippen molar-refractivity contribution in [2.75, 3.05) is 11.5 Å². The lowest BCUT2D eigenvalue weighted by molar-refractivity contribution is -0.121. The Balaban J connectivity index is 2.01. The first-order chi connectivity index (χ1) is 12.0. The van der Waals surface area contributed by atoms with Gasteiger partial charge >= 0.3 is 5.91 Å². The zero-order valence-corrected chi connectivity index (χ0v) is 14.2. The van der Waals surface area contributed by atoms with Gasteiger partial charge in [-0.1, -0.05) is 48.9 Å². The second-order valence-corrected chi connectivity index (χ2v) is 5.85. The molecule has 0 saturated heterocycles. The van der Waals surface area contributed by atoms with Crippen LogP contribution in [0, 0.1) is 6.92 Å². The van der Waals surface area contributed by atoms with Crippen molar-refractivity contribution in [3.63, 3.8) is 0 Å². The van der Waals surface area contributed by atoms with Gasteiger partial charge < -0.3 is 9.84 Å². The van der Waals surface area contributed by atoms with E-state index >= 15 is 0 Å². The highest BCUT2D eigenvalue weighted by atomic mass is 16.5. The predicted molar refractivity (Wildman–Crippen MR) is 95.4 cm³/mol. The number of para-hydroxylation sites is 2. The molecule has 5 nitrogen and oxygen atoms in total. The third-order valence-corrected chi connectivity index (χ3v) is 3.97. The molecule has 0 atom stereocenters. The molecular formula is C20H19NO4. The first-order valence-electron chi connectivity index (χ1n) is 8.15. The number of aryl methyl sites for hydroxylation is 1. The summed E-state index contributed by atoms with van der Waals surface area (Å²) >= 11 is 0. The van der Waals surface area contributed by atoms with Crippen molar-refractivity contribution < 1.29 is 19.4 Å². The van der Waals surface area contributed by atoms with E-state index in [9.17, 15) is 14.7 Å². The van der Waals surface area contributed by atoms with Crippen LogP contribution in [0.15, 0.2) is 54.3 Å². The number of anilines is 1. The van der Waals surface area contributed by atoms with Crippen LogP contribution in [-0.2, 0) is 9.59 Å². The van der Waals surface area contributed by atoms with Crippen molar-refractivity contribution in [1.29, 1.82) is 0 Å². The molecule has 0 saturated carbocycles. The van der Waals surface area contributed by atoms with Gasteiger partial charge in [-0.3, -0.25) is 9.59 Å². The van der Waals surface area contributed by atoms with Crippen molar-refractivity contribution in [2.24, 2.45) is 0 Å². The Bertz CT molecular complexity index is 852. The van der Waals surface area contributed by atoms with Crippen LogP contribution in [0.25, 0.3) is 5.57 Å². The molecule has 25 heavy (non-hydrogen) atoms. The Morgan fingerprint density at radius 2 is 1.68 bits per heavy atom. The molecule has 0 spiro atoms. The Hall–Kier alpha value is -3.08. The number of hydrogen-bond acceptors (Lipinski definition) is 4. The maximum Gasteiger partial charge on any atom is 0.301 e. The average molecular weight is 337 g/mol. The number of benzene rings is 2. The van der Waals surface area contributed by atoms with E-state index in [4.69, 9.17) is 4.74 Å². The molecule has 0 aliphatic carbocycles. The van der Waals surface area contributed by atoms with Crippen LogP contribution in [0.4, 0.5) is 5.69 Å². The molecule has 2 amide bonds. The number of aliphatic hydroxyl groups excluding tert-OH is 1. The van der Waals surface area contributed by atoms with Crippen molar-refractivity contribution in [2.45, 2.75) is 20.3 Å². The fraction of sp³-hybridized carbons (Fsp3) is 0.200. The van der Waals surface area contributed by atoms with Crippen molar-refractivity contribution in [3.05, 3.63) is 65.4 Å². The minimum atomic E-state index is -0.742. The van der Waals surface area contributed by atoms with Gasteiger partial charge in [0.25, 0.3) is 5.91 Å². The lowest BCUT2D eigenvalue weighted by Gasteiger charge is -2.18. The molecule has 1 aliphatic heterocycles. The van der Waals surface area contributed by atoms with Crippen LogP contribution in [0.2, 0.25) is 0 Å². The van der Waals surface area contributed by atoms with E-state index in [0.29, 0.717) is 23.6 Å². The van der Waals surface area contributed by atoms with Gasteiger partial charge in [-0.25, -0.2) is 4.90 Å². The minimum Gasteiger partial charge on any atom is -0.502 e. The molecular weight excluding hydrogens is 318 g/mol. The van der Waals surface area contributed by atoms with Gasteiger partial charge in [0.1, 0.15) is 5.75 Å². The second-order valence-electron chi connectivity index (χ2n) is 5.85. The summed E-state index contributed by atoms with van der Waals surface area (Å²) in [6, 6.07) is 13.9. The minimum absolute atomic E-state index is 0.00953. The number of imide groups is 1. The van der Waals surface area contributed by atoms with Crippen LogP contribution >= 0.6 is 0 Å². The van der Waals surface area contributed by atoms with Gasteiger partial charge in [0, 0.05) is 0 Å². The summed E-state index contributed by atoms with van der Waals surface area (Å²) in [6.45, 7) is 4.36. The van der Waals surface area contributed by atoms with Gasteiger partial charge in [-0.05, 0) is 31.0 Å². The van der Waals surface area contributed by atoms with E-state index in [1.165, 1.54) is 0 Å². The molecule has 5 heteroatoms. The van der Waals surface area contributed by atoms with Gasteiger partial charge in [-0.15, -0.1) is 0 Å². The van der Waals surface area contributed by atoms with E-state index in [2.05, 4.69) is 0 Å². The fourth-order valence-corrected chi connectivity index (χ4v) is 2.69. The lowest BCUT2D eigenvalue weighted by atomic mass is 10.0. The highest BCUT2D eigenvalue weighted by Crippen LogP contribution is 2.36. The molecule has 0 aromatic heterocycles. The number of amides is 2. The third kappa shape index (κ3) is 3.01. The van der Waals surface area contributed by atoms with Gasteiger partial charge in [-0.2, -0.15) is 0 Å². The molecule has 128 valence electrons. The topological polar surface area (TPSA) is 66.8 Å². The van der Waals surface area contributed by atoms with Gasteiger partial charge in [0.05, 0.1) is 17.9 Å². The van der Waals surface area contributed by atoms with Crippen LogP contribution in [0.3, 0.4) is 0 Å². The smallest absolute Gasteiger partial charge is 0.301 e. The second kappa shape index (κ2) is 6.81. The van der Waals surface area contributed by atoms with E-state index in [-0.39, 0.29) is 5.57 Å². The molecule has 0 fully saturated rings. The summed E-state index contributed by atoms with van der Waals surface area (Å²) in [5, 5.41) is 10.3. The average Bonchev–Trinajstić information content (AvgIpc) is 2.84. The molecule has 3 rings (SSSR count). The Morgan fingerprint density at radius 1 is 1.00 bits per heavy atom. The summed E-state index contributed by atoms with van der Waals surface area (Å²) in [5.74, 6) is -1.41. The van der Waals surface area contributed by atoms with Crippen LogP contribution in [0.1, 0.15) is 24.5 Å². The molecule has 0 radical (unpaired) electrons. The summed E-state index contributed by atoms with van der Waals surface area (Å²) in [6.07, 6.45) is 0.800. The number of carbonyl (C=O) groups excluding carboxylic acids is 2. The molecule has 1 aliphatic rings. The first-order valence-corrected chi connectivity index (χ1v) is 8.15.